The van der Waals surface area contributed by atoms with Gasteiger partial charge < -0.3 is 15.0 Å². The largest absolute Gasteiger partial charge is 0.494 e. The first-order chi connectivity index (χ1) is 14.2. The van der Waals surface area contributed by atoms with Crippen molar-refractivity contribution in [3.8, 4) is 16.3 Å². The van der Waals surface area contributed by atoms with Gasteiger partial charge >= 0.3 is 0 Å². The SMILES string of the molecule is CCOc1ccc(CNC(=O)c2csc(-c3ccnc(N4CCCC4)c3)n2)cc1. The number of aromatic nitrogens is 2. The van der Waals surface area contributed by atoms with E-state index in [4.69, 9.17) is 4.74 Å². The van der Waals surface area contributed by atoms with E-state index in [1.807, 2.05) is 43.5 Å². The van der Waals surface area contributed by atoms with Gasteiger partial charge in [-0.05, 0) is 49.6 Å². The van der Waals surface area contributed by atoms with Gasteiger partial charge in [0.2, 0.25) is 0 Å². The lowest BCUT2D eigenvalue weighted by Gasteiger charge is -2.16. The summed E-state index contributed by atoms with van der Waals surface area (Å²) in [5.74, 6) is 1.64. The van der Waals surface area contributed by atoms with Crippen molar-refractivity contribution >= 4 is 23.1 Å². The molecular formula is C22H24N4O2S. The molecule has 3 aromatic rings. The quantitative estimate of drug-likeness (QED) is 0.637. The average Bonchev–Trinajstić information content (AvgIpc) is 3.46. The minimum atomic E-state index is -0.171. The number of benzene rings is 1. The number of pyridine rings is 1. The number of amides is 1. The average molecular weight is 409 g/mol. The Bertz CT molecular complexity index is 965. The van der Waals surface area contributed by atoms with E-state index in [1.54, 1.807) is 5.38 Å². The fraction of sp³-hybridized carbons (Fsp3) is 0.318. The molecule has 0 spiro atoms. The monoisotopic (exact) mass is 408 g/mol. The van der Waals surface area contributed by atoms with Gasteiger partial charge in [-0.3, -0.25) is 4.79 Å². The fourth-order valence-corrected chi connectivity index (χ4v) is 4.12. The molecule has 1 saturated heterocycles. The minimum Gasteiger partial charge on any atom is -0.494 e. The Morgan fingerprint density at radius 3 is 2.76 bits per heavy atom. The zero-order valence-corrected chi connectivity index (χ0v) is 17.2. The normalized spacial score (nSPS) is 13.5. The predicted molar refractivity (Wildman–Crippen MR) is 116 cm³/mol. The molecule has 0 saturated carbocycles. The Morgan fingerprint density at radius 2 is 2.00 bits per heavy atom. The molecule has 1 aliphatic heterocycles. The zero-order chi connectivity index (χ0) is 20.1. The van der Waals surface area contributed by atoms with E-state index < -0.39 is 0 Å². The lowest BCUT2D eigenvalue weighted by Crippen LogP contribution is -2.23. The summed E-state index contributed by atoms with van der Waals surface area (Å²) in [7, 11) is 0. The van der Waals surface area contributed by atoms with Gasteiger partial charge in [0.05, 0.1) is 6.61 Å². The van der Waals surface area contributed by atoms with Gasteiger partial charge in [-0.2, -0.15) is 0 Å². The first kappa shape index (κ1) is 19.4. The smallest absolute Gasteiger partial charge is 0.271 e. The van der Waals surface area contributed by atoms with Crippen LogP contribution in [0.3, 0.4) is 0 Å². The third kappa shape index (κ3) is 4.74. The van der Waals surface area contributed by atoms with Crippen LogP contribution in [0.25, 0.3) is 10.6 Å². The topological polar surface area (TPSA) is 67.3 Å². The summed E-state index contributed by atoms with van der Waals surface area (Å²) in [5, 5.41) is 5.57. The number of hydrogen-bond donors (Lipinski definition) is 1. The van der Waals surface area contributed by atoms with Crippen LogP contribution >= 0.6 is 11.3 Å². The third-order valence-corrected chi connectivity index (χ3v) is 5.74. The molecule has 1 fully saturated rings. The van der Waals surface area contributed by atoms with Crippen molar-refractivity contribution < 1.29 is 9.53 Å². The Labute approximate surface area is 174 Å². The third-order valence-electron chi connectivity index (χ3n) is 4.85. The summed E-state index contributed by atoms with van der Waals surface area (Å²) in [4.78, 5) is 23.8. The van der Waals surface area contributed by atoms with Gasteiger partial charge in [0.25, 0.3) is 5.91 Å². The molecule has 3 heterocycles. The summed E-state index contributed by atoms with van der Waals surface area (Å²) >= 11 is 1.48. The van der Waals surface area contributed by atoms with Crippen LogP contribution in [0.1, 0.15) is 35.8 Å². The molecule has 0 bridgehead atoms. The van der Waals surface area contributed by atoms with Gasteiger partial charge in [-0.15, -0.1) is 11.3 Å². The molecule has 4 rings (SSSR count). The van der Waals surface area contributed by atoms with Crippen LogP contribution in [0.15, 0.2) is 48.0 Å². The van der Waals surface area contributed by atoms with Crippen LogP contribution < -0.4 is 15.0 Å². The van der Waals surface area contributed by atoms with Gasteiger partial charge in [0.15, 0.2) is 0 Å². The summed E-state index contributed by atoms with van der Waals surface area (Å²) in [6.07, 6.45) is 4.24. The Kier molecular flexibility index (Phi) is 6.05. The van der Waals surface area contributed by atoms with Gasteiger partial charge in [-0.1, -0.05) is 12.1 Å². The second-order valence-corrected chi connectivity index (χ2v) is 7.75. The molecule has 1 N–H and O–H groups in total. The summed E-state index contributed by atoms with van der Waals surface area (Å²) < 4.78 is 5.44. The minimum absolute atomic E-state index is 0.171. The second-order valence-electron chi connectivity index (χ2n) is 6.89. The number of nitrogens with zero attached hydrogens (tertiary/aromatic N) is 3. The summed E-state index contributed by atoms with van der Waals surface area (Å²) in [5.41, 5.74) is 2.45. The maximum atomic E-state index is 12.5. The lowest BCUT2D eigenvalue weighted by atomic mass is 10.2. The first-order valence-electron chi connectivity index (χ1n) is 9.90. The highest BCUT2D eigenvalue weighted by Gasteiger charge is 2.16. The van der Waals surface area contributed by atoms with Crippen molar-refractivity contribution in [3.63, 3.8) is 0 Å². The van der Waals surface area contributed by atoms with Crippen molar-refractivity contribution in [2.45, 2.75) is 26.3 Å². The summed E-state index contributed by atoms with van der Waals surface area (Å²) in [6, 6.07) is 11.7. The van der Waals surface area contributed by atoms with E-state index in [2.05, 4.69) is 26.3 Å². The van der Waals surface area contributed by atoms with Crippen molar-refractivity contribution in [3.05, 3.63) is 59.2 Å². The van der Waals surface area contributed by atoms with E-state index in [-0.39, 0.29) is 5.91 Å². The highest BCUT2D eigenvalue weighted by atomic mass is 32.1. The van der Waals surface area contributed by atoms with Gasteiger partial charge in [-0.25, -0.2) is 9.97 Å². The lowest BCUT2D eigenvalue weighted by molar-refractivity contribution is 0.0946. The number of anilines is 1. The molecule has 0 atom stereocenters. The zero-order valence-electron chi connectivity index (χ0n) is 16.4. The number of thiazole rings is 1. The molecule has 2 aromatic heterocycles. The van der Waals surface area contributed by atoms with E-state index in [0.29, 0.717) is 18.8 Å². The Balaban J connectivity index is 1.39. The van der Waals surface area contributed by atoms with Crippen molar-refractivity contribution in [1.82, 2.24) is 15.3 Å². The number of hydrogen-bond acceptors (Lipinski definition) is 6. The predicted octanol–water partition coefficient (Wildman–Crippen LogP) is 4.13. The molecule has 7 heteroatoms. The van der Waals surface area contributed by atoms with Crippen LogP contribution in [0.4, 0.5) is 5.82 Å². The highest BCUT2D eigenvalue weighted by molar-refractivity contribution is 7.13. The van der Waals surface area contributed by atoms with Crippen LogP contribution in [-0.2, 0) is 6.54 Å². The van der Waals surface area contributed by atoms with Crippen LogP contribution in [0, 0.1) is 0 Å². The molecule has 0 unspecified atom stereocenters. The van der Waals surface area contributed by atoms with E-state index in [1.165, 1.54) is 24.2 Å². The highest BCUT2D eigenvalue weighted by Crippen LogP contribution is 2.27. The summed E-state index contributed by atoms with van der Waals surface area (Å²) in [6.45, 7) is 5.14. The Hall–Kier alpha value is -2.93. The molecule has 150 valence electrons. The van der Waals surface area contributed by atoms with Gasteiger partial charge in [0.1, 0.15) is 22.3 Å². The van der Waals surface area contributed by atoms with Crippen molar-refractivity contribution in [2.75, 3.05) is 24.6 Å². The number of rotatable bonds is 7. The molecule has 29 heavy (non-hydrogen) atoms. The molecular weight excluding hydrogens is 384 g/mol. The molecule has 0 aliphatic carbocycles. The van der Waals surface area contributed by atoms with Crippen LogP contribution in [0.2, 0.25) is 0 Å². The number of nitrogens with one attached hydrogen (secondary N) is 1. The molecule has 6 nitrogen and oxygen atoms in total. The Morgan fingerprint density at radius 1 is 1.21 bits per heavy atom. The second kappa shape index (κ2) is 9.05. The molecule has 1 aromatic carbocycles. The number of carbonyl (C=O) groups excluding carboxylic acids is 1. The maximum Gasteiger partial charge on any atom is 0.271 e. The number of ether oxygens (including phenoxy) is 1. The van der Waals surface area contributed by atoms with Crippen LogP contribution in [0.5, 0.6) is 5.75 Å². The van der Waals surface area contributed by atoms with E-state index in [9.17, 15) is 4.79 Å². The van der Waals surface area contributed by atoms with Crippen molar-refractivity contribution in [1.29, 1.82) is 0 Å². The van der Waals surface area contributed by atoms with Gasteiger partial charge in [0, 0.05) is 36.8 Å². The molecule has 1 amide bonds. The maximum absolute atomic E-state index is 12.5. The fourth-order valence-electron chi connectivity index (χ4n) is 3.32. The van der Waals surface area contributed by atoms with Crippen LogP contribution in [-0.4, -0.2) is 35.6 Å². The van der Waals surface area contributed by atoms with E-state index >= 15 is 0 Å². The molecule has 1 aliphatic rings. The first-order valence-corrected chi connectivity index (χ1v) is 10.8. The molecule has 0 radical (unpaired) electrons. The van der Waals surface area contributed by atoms with E-state index in [0.717, 1.165) is 40.8 Å². The standard InChI is InChI=1S/C22H24N4O2S/c1-2-28-18-7-5-16(6-8-18)14-24-21(27)19-15-29-22(25-19)17-9-10-23-20(13-17)26-11-3-4-12-26/h5-10,13,15H,2-4,11-12,14H2,1H3,(H,24,27). The number of carbonyl (C=O) groups is 1. The van der Waals surface area contributed by atoms with Crippen molar-refractivity contribution in [2.24, 2.45) is 0 Å².